The molecule has 0 spiro atoms. The molecule has 0 fully saturated rings. The van der Waals surface area contributed by atoms with E-state index in [1.807, 2.05) is 60.3 Å². The van der Waals surface area contributed by atoms with E-state index in [0.717, 1.165) is 23.5 Å². The molecule has 0 aliphatic rings. The smallest absolute Gasteiger partial charge is 0.171 e. The lowest BCUT2D eigenvalue weighted by Crippen LogP contribution is -2.34. The molecule has 134 valence electrons. The predicted molar refractivity (Wildman–Crippen MR) is 112 cm³/mol. The molecule has 2 aromatic carbocycles. The molecule has 1 heterocycles. The van der Waals surface area contributed by atoms with Gasteiger partial charge in [0.1, 0.15) is 11.9 Å². The van der Waals surface area contributed by atoms with Crippen LogP contribution in [0.25, 0.3) is 0 Å². The van der Waals surface area contributed by atoms with Crippen molar-refractivity contribution in [1.29, 1.82) is 0 Å². The van der Waals surface area contributed by atoms with Crippen LogP contribution in [0.2, 0.25) is 5.02 Å². The van der Waals surface area contributed by atoms with Crippen LogP contribution in [-0.4, -0.2) is 14.7 Å². The third-order valence-electron chi connectivity index (χ3n) is 4.24. The molecule has 26 heavy (non-hydrogen) atoms. The van der Waals surface area contributed by atoms with E-state index >= 15 is 0 Å². The van der Waals surface area contributed by atoms with E-state index in [-0.39, 0.29) is 6.04 Å². The summed E-state index contributed by atoms with van der Waals surface area (Å²) in [5.74, 6) is 0.875. The molecule has 0 bridgehead atoms. The van der Waals surface area contributed by atoms with Crippen LogP contribution in [0, 0.1) is 0 Å². The number of rotatable bonds is 5. The summed E-state index contributed by atoms with van der Waals surface area (Å²) in [6.07, 6.45) is 4.64. The van der Waals surface area contributed by atoms with Gasteiger partial charge in [-0.15, -0.1) is 0 Å². The number of anilines is 1. The van der Waals surface area contributed by atoms with Gasteiger partial charge in [0, 0.05) is 30.2 Å². The lowest BCUT2D eigenvalue weighted by atomic mass is 10.1. The number of hydrogen-bond acceptors (Lipinski definition) is 2. The molecule has 2 N–H and O–H groups in total. The van der Waals surface area contributed by atoms with Crippen molar-refractivity contribution in [1.82, 2.24) is 14.9 Å². The van der Waals surface area contributed by atoms with E-state index in [1.54, 1.807) is 6.20 Å². The zero-order valence-corrected chi connectivity index (χ0v) is 16.3. The molecule has 4 nitrogen and oxygen atoms in total. The zero-order valence-electron chi connectivity index (χ0n) is 14.7. The molecule has 1 atom stereocenters. The average molecular weight is 385 g/mol. The van der Waals surface area contributed by atoms with Gasteiger partial charge in [0.05, 0.1) is 0 Å². The van der Waals surface area contributed by atoms with Crippen LogP contribution in [-0.2, 0) is 13.5 Å². The first-order chi connectivity index (χ1) is 12.6. The molecule has 0 aliphatic carbocycles. The Morgan fingerprint density at radius 3 is 2.58 bits per heavy atom. The minimum atomic E-state index is -0.180. The quantitative estimate of drug-likeness (QED) is 0.625. The fourth-order valence-electron chi connectivity index (χ4n) is 2.85. The van der Waals surface area contributed by atoms with Crippen molar-refractivity contribution in [2.24, 2.45) is 7.05 Å². The summed E-state index contributed by atoms with van der Waals surface area (Å²) in [7, 11) is 1.97. The molecule has 0 amide bonds. The molecule has 3 rings (SSSR count). The van der Waals surface area contributed by atoms with Gasteiger partial charge >= 0.3 is 0 Å². The fourth-order valence-corrected chi connectivity index (χ4v) is 3.20. The Labute approximate surface area is 164 Å². The van der Waals surface area contributed by atoms with Gasteiger partial charge in [-0.05, 0) is 48.0 Å². The van der Waals surface area contributed by atoms with Crippen molar-refractivity contribution in [3.05, 3.63) is 82.9 Å². The summed E-state index contributed by atoms with van der Waals surface area (Å²) in [5, 5.41) is 7.95. The molecular weight excluding hydrogens is 364 g/mol. The maximum absolute atomic E-state index is 6.04. The maximum atomic E-state index is 6.04. The number of thiocarbonyl (C=S) groups is 1. The van der Waals surface area contributed by atoms with Gasteiger partial charge in [-0.1, -0.05) is 48.9 Å². The molecule has 3 aromatic rings. The van der Waals surface area contributed by atoms with Crippen molar-refractivity contribution >= 4 is 34.6 Å². The Morgan fingerprint density at radius 1 is 1.19 bits per heavy atom. The molecule has 0 saturated carbocycles. The molecule has 0 saturated heterocycles. The van der Waals surface area contributed by atoms with Gasteiger partial charge in [-0.3, -0.25) is 0 Å². The summed E-state index contributed by atoms with van der Waals surface area (Å²) >= 11 is 11.6. The van der Waals surface area contributed by atoms with Gasteiger partial charge < -0.3 is 15.2 Å². The van der Waals surface area contributed by atoms with Crippen molar-refractivity contribution in [2.45, 2.75) is 19.4 Å². The second kappa shape index (κ2) is 8.34. The molecule has 0 aliphatic heterocycles. The molecule has 6 heteroatoms. The third-order valence-corrected chi connectivity index (χ3v) is 4.71. The molecule has 0 radical (unpaired) electrons. The number of hydrogen-bond donors (Lipinski definition) is 2. The van der Waals surface area contributed by atoms with Crippen LogP contribution in [0.1, 0.15) is 29.9 Å². The third kappa shape index (κ3) is 4.23. The van der Waals surface area contributed by atoms with Crippen molar-refractivity contribution in [3.8, 4) is 0 Å². The van der Waals surface area contributed by atoms with Crippen LogP contribution in [0.15, 0.2) is 60.9 Å². The van der Waals surface area contributed by atoms with Crippen molar-refractivity contribution < 1.29 is 0 Å². The molecule has 0 unspecified atom stereocenters. The summed E-state index contributed by atoms with van der Waals surface area (Å²) in [4.78, 5) is 4.49. The fraction of sp³-hybridized carbons (Fsp3) is 0.200. The van der Waals surface area contributed by atoms with Gasteiger partial charge in [0.2, 0.25) is 0 Å². The van der Waals surface area contributed by atoms with Crippen LogP contribution in [0.3, 0.4) is 0 Å². The number of aromatic nitrogens is 2. The summed E-state index contributed by atoms with van der Waals surface area (Å²) < 4.78 is 1.98. The van der Waals surface area contributed by atoms with Crippen LogP contribution >= 0.6 is 23.8 Å². The number of nitrogens with zero attached hydrogens (tertiary/aromatic N) is 2. The number of aryl methyl sites for hydroxylation is 2. The average Bonchev–Trinajstić information content (AvgIpc) is 3.07. The van der Waals surface area contributed by atoms with E-state index < -0.39 is 0 Å². The normalized spacial score (nSPS) is 11.8. The summed E-state index contributed by atoms with van der Waals surface area (Å²) in [6.45, 7) is 2.13. The number of halogens is 1. The first kappa shape index (κ1) is 18.4. The zero-order chi connectivity index (χ0) is 18.5. The van der Waals surface area contributed by atoms with Gasteiger partial charge in [-0.25, -0.2) is 4.98 Å². The van der Waals surface area contributed by atoms with Gasteiger partial charge in [0.15, 0.2) is 5.11 Å². The Kier molecular flexibility index (Phi) is 5.91. The highest BCUT2D eigenvalue weighted by Gasteiger charge is 2.19. The van der Waals surface area contributed by atoms with Gasteiger partial charge in [0.25, 0.3) is 0 Å². The minimum Gasteiger partial charge on any atom is -0.348 e. The second-order valence-electron chi connectivity index (χ2n) is 5.99. The number of para-hydroxylation sites is 1. The largest absolute Gasteiger partial charge is 0.348 e. The van der Waals surface area contributed by atoms with Crippen molar-refractivity contribution in [3.63, 3.8) is 0 Å². The van der Waals surface area contributed by atoms with Crippen molar-refractivity contribution in [2.75, 3.05) is 5.32 Å². The topological polar surface area (TPSA) is 41.9 Å². The van der Waals surface area contributed by atoms with E-state index in [0.29, 0.717) is 10.1 Å². The maximum Gasteiger partial charge on any atom is 0.171 e. The Hall–Kier alpha value is -2.37. The van der Waals surface area contributed by atoms with Crippen LogP contribution in [0.4, 0.5) is 5.69 Å². The molecule has 1 aromatic heterocycles. The monoisotopic (exact) mass is 384 g/mol. The van der Waals surface area contributed by atoms with E-state index in [9.17, 15) is 0 Å². The first-order valence-corrected chi connectivity index (χ1v) is 9.25. The highest BCUT2D eigenvalue weighted by atomic mass is 35.5. The Bertz CT molecular complexity index is 889. The SMILES string of the molecule is CCc1ccccc1NC(=S)N[C@@H](c1ccc(Cl)cc1)c1nccn1C. The van der Waals surface area contributed by atoms with Crippen LogP contribution < -0.4 is 10.6 Å². The number of benzene rings is 2. The van der Waals surface area contributed by atoms with Crippen LogP contribution in [0.5, 0.6) is 0 Å². The van der Waals surface area contributed by atoms with Gasteiger partial charge in [-0.2, -0.15) is 0 Å². The number of nitrogens with one attached hydrogen (secondary N) is 2. The highest BCUT2D eigenvalue weighted by molar-refractivity contribution is 7.80. The first-order valence-electron chi connectivity index (χ1n) is 8.46. The lowest BCUT2D eigenvalue weighted by molar-refractivity contribution is 0.664. The summed E-state index contributed by atoms with van der Waals surface area (Å²) in [6, 6.07) is 15.7. The summed E-state index contributed by atoms with van der Waals surface area (Å²) in [5.41, 5.74) is 3.27. The van der Waals surface area contributed by atoms with E-state index in [1.165, 1.54) is 5.56 Å². The van der Waals surface area contributed by atoms with E-state index in [4.69, 9.17) is 23.8 Å². The predicted octanol–water partition coefficient (Wildman–Crippen LogP) is 4.71. The lowest BCUT2D eigenvalue weighted by Gasteiger charge is -2.22. The standard InChI is InChI=1S/C20H21ClN4S/c1-3-14-6-4-5-7-17(14)23-20(26)24-18(19-22-12-13-25(19)2)15-8-10-16(21)11-9-15/h4-13,18H,3H2,1-2H3,(H2,23,24,26)/t18-/m0/s1. The minimum absolute atomic E-state index is 0.180. The highest BCUT2D eigenvalue weighted by Crippen LogP contribution is 2.23. The Balaban J connectivity index is 1.85. The number of imidazole rings is 1. The molecular formula is C20H21ClN4S. The van der Waals surface area contributed by atoms with E-state index in [2.05, 4.69) is 28.6 Å². The second-order valence-corrected chi connectivity index (χ2v) is 6.83. The Morgan fingerprint density at radius 2 is 1.92 bits per heavy atom.